The van der Waals surface area contributed by atoms with Crippen LogP contribution in [0.4, 0.5) is 8.78 Å². The molecule has 0 atom stereocenters. The maximum atomic E-state index is 13.3. The van der Waals surface area contributed by atoms with Crippen molar-refractivity contribution in [3.63, 3.8) is 0 Å². The zero-order valence-corrected chi connectivity index (χ0v) is 21.1. The highest BCUT2D eigenvalue weighted by Gasteiger charge is 2.43. The van der Waals surface area contributed by atoms with Crippen LogP contribution in [0.2, 0.25) is 0 Å². The number of ether oxygens (including phenoxy) is 3. The monoisotopic (exact) mass is 543 g/mol. The number of likely N-dealkylation sites (tertiary alicyclic amines) is 1. The van der Waals surface area contributed by atoms with Gasteiger partial charge >= 0.3 is 6.29 Å². The molecule has 2 aliphatic heterocycles. The summed E-state index contributed by atoms with van der Waals surface area (Å²) in [4.78, 5) is 11.1. The van der Waals surface area contributed by atoms with Gasteiger partial charge in [-0.3, -0.25) is 4.90 Å². The number of benzene rings is 2. The fourth-order valence-corrected chi connectivity index (χ4v) is 5.36. The van der Waals surface area contributed by atoms with E-state index in [1.807, 2.05) is 4.68 Å². The predicted octanol–water partition coefficient (Wildman–Crippen LogP) is 4.18. The number of nitrogens with zero attached hydrogens (tertiary/aromatic N) is 5. The Morgan fingerprint density at radius 3 is 2.53 bits per heavy atom. The maximum Gasteiger partial charge on any atom is 0.586 e. The minimum absolute atomic E-state index is 0.0410. The first-order valence-corrected chi connectivity index (χ1v) is 13.8. The van der Waals surface area contributed by atoms with E-state index in [9.17, 15) is 17.2 Å². The molecule has 13 heteroatoms. The van der Waals surface area contributed by atoms with E-state index < -0.39 is 16.1 Å². The van der Waals surface area contributed by atoms with Crippen molar-refractivity contribution in [3.05, 3.63) is 60.6 Å². The van der Waals surface area contributed by atoms with Crippen LogP contribution in [0.3, 0.4) is 0 Å². The Morgan fingerprint density at radius 2 is 1.79 bits per heavy atom. The Labute approximate surface area is 216 Å². The van der Waals surface area contributed by atoms with Gasteiger partial charge in [-0.25, -0.2) is 23.1 Å². The third-order valence-electron chi connectivity index (χ3n) is 6.60. The van der Waals surface area contributed by atoms with E-state index in [-0.39, 0.29) is 22.4 Å². The number of hydrogen-bond acceptors (Lipinski definition) is 9. The van der Waals surface area contributed by atoms with Crippen LogP contribution in [0, 0.1) is 0 Å². The Hall–Kier alpha value is -3.84. The van der Waals surface area contributed by atoms with Gasteiger partial charge in [-0.15, -0.1) is 8.78 Å². The largest absolute Gasteiger partial charge is 0.586 e. The SMILES string of the molecule is CS(=O)(=O)c1ccc(Oc2ncnc3c2cnn3C2CCN(Cc3ccc4c(c3)OC(F)(F)O4)CC2)cc1. The molecule has 6 rings (SSSR count). The zero-order chi connectivity index (χ0) is 26.5. The average Bonchev–Trinajstić information content (AvgIpc) is 3.44. The summed E-state index contributed by atoms with van der Waals surface area (Å²) in [6.07, 6.45) is 2.27. The highest BCUT2D eigenvalue weighted by atomic mass is 32.2. The molecule has 0 saturated carbocycles. The van der Waals surface area contributed by atoms with Crippen LogP contribution in [0.15, 0.2) is 59.9 Å². The second-order valence-electron chi connectivity index (χ2n) is 9.31. The lowest BCUT2D eigenvalue weighted by molar-refractivity contribution is -0.286. The third-order valence-corrected chi connectivity index (χ3v) is 7.72. The van der Waals surface area contributed by atoms with Crippen LogP contribution in [-0.2, 0) is 16.4 Å². The number of fused-ring (bicyclic) bond motifs is 2. The minimum atomic E-state index is -3.62. The first-order chi connectivity index (χ1) is 18.1. The molecule has 1 fully saturated rings. The predicted molar refractivity (Wildman–Crippen MR) is 131 cm³/mol. The number of sulfone groups is 1. The van der Waals surface area contributed by atoms with Gasteiger partial charge in [-0.2, -0.15) is 5.10 Å². The average molecular weight is 544 g/mol. The molecule has 0 radical (unpaired) electrons. The van der Waals surface area contributed by atoms with Gasteiger partial charge in [0.15, 0.2) is 27.0 Å². The van der Waals surface area contributed by atoms with Gasteiger partial charge in [0.2, 0.25) is 5.88 Å². The van der Waals surface area contributed by atoms with Gasteiger partial charge in [0.25, 0.3) is 0 Å². The van der Waals surface area contributed by atoms with Crippen molar-refractivity contribution >= 4 is 20.9 Å². The molecular weight excluding hydrogens is 520 g/mol. The summed E-state index contributed by atoms with van der Waals surface area (Å²) in [7, 11) is -3.30. The molecule has 0 aliphatic carbocycles. The second-order valence-corrected chi connectivity index (χ2v) is 11.3. The quantitative estimate of drug-likeness (QED) is 0.354. The number of aromatic nitrogens is 4. The lowest BCUT2D eigenvalue weighted by atomic mass is 10.0. The lowest BCUT2D eigenvalue weighted by Gasteiger charge is -2.32. The molecule has 4 aromatic rings. The van der Waals surface area contributed by atoms with E-state index in [0.717, 1.165) is 37.8 Å². The zero-order valence-electron chi connectivity index (χ0n) is 20.3. The molecule has 0 unspecified atom stereocenters. The third kappa shape index (κ3) is 4.86. The topological polar surface area (TPSA) is 109 Å². The number of hydrogen-bond donors (Lipinski definition) is 0. The van der Waals surface area contributed by atoms with Gasteiger partial charge in [0.1, 0.15) is 17.5 Å². The summed E-state index contributed by atoms with van der Waals surface area (Å²) in [5.41, 5.74) is 1.52. The van der Waals surface area contributed by atoms with Gasteiger partial charge in [0, 0.05) is 25.9 Å². The molecule has 2 aromatic carbocycles. The first-order valence-electron chi connectivity index (χ1n) is 11.9. The summed E-state index contributed by atoms with van der Waals surface area (Å²) >= 11 is 0. The van der Waals surface area contributed by atoms with Crippen molar-refractivity contribution in [3.8, 4) is 23.1 Å². The molecule has 4 heterocycles. The normalized spacial score (nSPS) is 17.7. The van der Waals surface area contributed by atoms with Crippen molar-refractivity contribution < 1.29 is 31.4 Å². The summed E-state index contributed by atoms with van der Waals surface area (Å²) in [5, 5.41) is 5.22. The fraction of sp³-hybridized carbons (Fsp3) is 0.320. The molecule has 38 heavy (non-hydrogen) atoms. The Balaban J connectivity index is 1.12. The van der Waals surface area contributed by atoms with E-state index in [2.05, 4.69) is 29.4 Å². The molecule has 2 aromatic heterocycles. The maximum absolute atomic E-state index is 13.3. The summed E-state index contributed by atoms with van der Waals surface area (Å²) in [6.45, 7) is 2.18. The Morgan fingerprint density at radius 1 is 1.05 bits per heavy atom. The molecule has 0 bridgehead atoms. The number of halogens is 2. The Kier molecular flexibility index (Phi) is 5.91. The number of alkyl halides is 2. The fourth-order valence-electron chi connectivity index (χ4n) is 4.73. The molecule has 10 nitrogen and oxygen atoms in total. The van der Waals surface area contributed by atoms with E-state index in [0.29, 0.717) is 29.2 Å². The van der Waals surface area contributed by atoms with Gasteiger partial charge in [-0.1, -0.05) is 6.07 Å². The first kappa shape index (κ1) is 24.5. The van der Waals surface area contributed by atoms with Crippen molar-refractivity contribution in [2.45, 2.75) is 36.6 Å². The second kappa shape index (κ2) is 9.17. The highest BCUT2D eigenvalue weighted by molar-refractivity contribution is 7.90. The standard InChI is InChI=1S/C25H23F2N5O5S/c1-38(33,34)19-5-3-18(4-6-19)35-24-20-13-30-32(23(20)28-15-29-24)17-8-10-31(11-9-17)14-16-2-7-21-22(12-16)37-25(26,27)36-21/h2-7,12-13,15,17H,8-11,14H2,1H3. The molecule has 0 amide bonds. The van der Waals surface area contributed by atoms with Crippen LogP contribution in [-0.4, -0.2) is 58.7 Å². The van der Waals surface area contributed by atoms with E-state index in [1.165, 1.54) is 24.5 Å². The van der Waals surface area contributed by atoms with Crippen molar-refractivity contribution in [2.75, 3.05) is 19.3 Å². The summed E-state index contributed by atoms with van der Waals surface area (Å²) in [5.74, 6) is 0.874. The van der Waals surface area contributed by atoms with Crippen molar-refractivity contribution in [1.82, 2.24) is 24.6 Å². The van der Waals surface area contributed by atoms with Gasteiger partial charge < -0.3 is 14.2 Å². The van der Waals surface area contributed by atoms with E-state index in [1.54, 1.807) is 30.5 Å². The molecule has 198 valence electrons. The lowest BCUT2D eigenvalue weighted by Crippen LogP contribution is -2.34. The van der Waals surface area contributed by atoms with Crippen LogP contribution in [0.1, 0.15) is 24.4 Å². The summed E-state index contributed by atoms with van der Waals surface area (Å²) in [6, 6.07) is 11.1. The van der Waals surface area contributed by atoms with Gasteiger partial charge in [-0.05, 0) is 54.8 Å². The van der Waals surface area contributed by atoms with Crippen LogP contribution in [0.25, 0.3) is 11.0 Å². The van der Waals surface area contributed by atoms with E-state index >= 15 is 0 Å². The Bertz CT molecular complexity index is 1600. The van der Waals surface area contributed by atoms with Crippen molar-refractivity contribution in [2.24, 2.45) is 0 Å². The molecular formula is C25H23F2N5O5S. The van der Waals surface area contributed by atoms with Crippen LogP contribution >= 0.6 is 0 Å². The highest BCUT2D eigenvalue weighted by Crippen LogP contribution is 2.41. The van der Waals surface area contributed by atoms with Gasteiger partial charge in [0.05, 0.1) is 17.1 Å². The minimum Gasteiger partial charge on any atom is -0.438 e. The summed E-state index contributed by atoms with van der Waals surface area (Å²) < 4.78 is 66.8. The van der Waals surface area contributed by atoms with Crippen LogP contribution < -0.4 is 14.2 Å². The molecule has 1 saturated heterocycles. The smallest absolute Gasteiger partial charge is 0.438 e. The molecule has 2 aliphatic rings. The van der Waals surface area contributed by atoms with E-state index in [4.69, 9.17) is 4.74 Å². The van der Waals surface area contributed by atoms with Crippen molar-refractivity contribution in [1.29, 1.82) is 0 Å². The molecule has 0 N–H and O–H groups in total. The van der Waals surface area contributed by atoms with Crippen LogP contribution in [0.5, 0.6) is 23.1 Å². The number of rotatable bonds is 6. The number of piperidine rings is 1. The molecule has 0 spiro atoms.